The summed E-state index contributed by atoms with van der Waals surface area (Å²) in [6.45, 7) is 2.46. The van der Waals surface area contributed by atoms with Crippen molar-refractivity contribution in [3.63, 3.8) is 0 Å². The number of fused-ring (bicyclic) bond motifs is 1. The Balaban J connectivity index is 1.94. The summed E-state index contributed by atoms with van der Waals surface area (Å²) in [4.78, 5) is 26.8. The number of carbonyl (C=O) groups is 1. The number of ether oxygens (including phenoxy) is 1. The third kappa shape index (κ3) is 2.61. The quantitative estimate of drug-likeness (QED) is 0.492. The zero-order valence-corrected chi connectivity index (χ0v) is 12.8. The molecule has 0 bridgehead atoms. The van der Waals surface area contributed by atoms with Crippen LogP contribution in [0.5, 0.6) is 5.75 Å². The molecule has 0 atom stereocenters. The summed E-state index contributed by atoms with van der Waals surface area (Å²) >= 11 is 0. The highest BCUT2D eigenvalue weighted by Gasteiger charge is 2.26. The van der Waals surface area contributed by atoms with Crippen LogP contribution in [0, 0.1) is 10.1 Å². The number of allylic oxidation sites excluding steroid dienone is 1. The lowest BCUT2D eigenvalue weighted by molar-refractivity contribution is -0.391. The largest absolute Gasteiger partial charge is 0.494 e. The smallest absolute Gasteiger partial charge is 0.342 e. The van der Waals surface area contributed by atoms with Gasteiger partial charge in [-0.15, -0.1) is 0 Å². The van der Waals surface area contributed by atoms with Crippen molar-refractivity contribution < 1.29 is 14.5 Å². The van der Waals surface area contributed by atoms with Gasteiger partial charge in [0.05, 0.1) is 13.7 Å². The van der Waals surface area contributed by atoms with Crippen LogP contribution in [-0.4, -0.2) is 26.9 Å². The number of hydrogen-bond acceptors (Lipinski definition) is 5. The topological polar surface area (TPSA) is 87.3 Å². The lowest BCUT2D eigenvalue weighted by Crippen LogP contribution is -2.01. The molecule has 7 heteroatoms. The molecule has 0 spiro atoms. The van der Waals surface area contributed by atoms with Crippen molar-refractivity contribution in [1.29, 1.82) is 0 Å². The molecule has 7 nitrogen and oxygen atoms in total. The van der Waals surface area contributed by atoms with Crippen molar-refractivity contribution in [3.05, 3.63) is 57.0 Å². The van der Waals surface area contributed by atoms with E-state index < -0.39 is 4.92 Å². The Bertz CT molecular complexity index is 836. The maximum absolute atomic E-state index is 12.4. The van der Waals surface area contributed by atoms with Crippen molar-refractivity contribution in [1.82, 2.24) is 9.55 Å². The predicted octanol–water partition coefficient (Wildman–Crippen LogP) is 2.55. The van der Waals surface area contributed by atoms with Gasteiger partial charge in [-0.1, -0.05) is 0 Å². The van der Waals surface area contributed by atoms with Gasteiger partial charge in [-0.2, -0.15) is 0 Å². The SMILES string of the molecule is CCOc1ccc2c(c1)CC(=Cc1ncc([N+](=O)[O-])n1C)C2=O. The second kappa shape index (κ2) is 5.68. The second-order valence-corrected chi connectivity index (χ2v) is 5.22. The van der Waals surface area contributed by atoms with Crippen LogP contribution in [0.25, 0.3) is 6.08 Å². The summed E-state index contributed by atoms with van der Waals surface area (Å²) < 4.78 is 6.80. The molecule has 1 aliphatic rings. The van der Waals surface area contributed by atoms with Crippen LogP contribution in [0.15, 0.2) is 30.0 Å². The van der Waals surface area contributed by atoms with Gasteiger partial charge < -0.3 is 14.9 Å². The number of nitro groups is 1. The van der Waals surface area contributed by atoms with Crippen molar-refractivity contribution in [3.8, 4) is 5.75 Å². The first-order valence-electron chi connectivity index (χ1n) is 7.18. The Labute approximate surface area is 132 Å². The maximum Gasteiger partial charge on any atom is 0.342 e. The molecule has 0 unspecified atom stereocenters. The zero-order valence-electron chi connectivity index (χ0n) is 12.8. The van der Waals surface area contributed by atoms with Gasteiger partial charge >= 0.3 is 5.82 Å². The molecular formula is C16H15N3O4. The number of imidazole rings is 1. The molecule has 1 aliphatic carbocycles. The maximum atomic E-state index is 12.4. The lowest BCUT2D eigenvalue weighted by Gasteiger charge is -2.04. The average molecular weight is 313 g/mol. The van der Waals surface area contributed by atoms with Gasteiger partial charge in [-0.05, 0) is 35.6 Å². The van der Waals surface area contributed by atoms with E-state index in [1.54, 1.807) is 25.3 Å². The first kappa shape index (κ1) is 15.0. The lowest BCUT2D eigenvalue weighted by atomic mass is 10.1. The number of ketones is 1. The first-order chi connectivity index (χ1) is 11.0. The van der Waals surface area contributed by atoms with Gasteiger partial charge in [-0.3, -0.25) is 4.79 Å². The minimum atomic E-state index is -0.505. The number of benzene rings is 1. The molecule has 0 saturated heterocycles. The van der Waals surface area contributed by atoms with Crippen LogP contribution in [0.3, 0.4) is 0 Å². The predicted molar refractivity (Wildman–Crippen MR) is 83.5 cm³/mol. The standard InChI is InChI=1S/C16H15N3O4/c1-3-23-12-4-5-13-10(7-12)6-11(16(13)20)8-14-17-9-15(18(14)2)19(21)22/h4-5,7-9H,3,6H2,1-2H3. The fourth-order valence-electron chi connectivity index (χ4n) is 2.64. The monoisotopic (exact) mass is 313 g/mol. The molecular weight excluding hydrogens is 298 g/mol. The molecule has 1 aromatic heterocycles. The van der Waals surface area contributed by atoms with E-state index in [0.717, 1.165) is 11.3 Å². The highest BCUT2D eigenvalue weighted by atomic mass is 16.6. The zero-order chi connectivity index (χ0) is 16.6. The van der Waals surface area contributed by atoms with E-state index in [9.17, 15) is 14.9 Å². The van der Waals surface area contributed by atoms with E-state index in [4.69, 9.17) is 4.74 Å². The third-order valence-electron chi connectivity index (χ3n) is 3.79. The fourth-order valence-corrected chi connectivity index (χ4v) is 2.64. The van der Waals surface area contributed by atoms with E-state index in [-0.39, 0.29) is 11.6 Å². The van der Waals surface area contributed by atoms with Gasteiger partial charge in [0.1, 0.15) is 11.9 Å². The molecule has 0 radical (unpaired) electrons. The van der Waals surface area contributed by atoms with Gasteiger partial charge in [0, 0.05) is 23.6 Å². The van der Waals surface area contributed by atoms with Crippen LogP contribution in [0.2, 0.25) is 0 Å². The molecule has 118 valence electrons. The van der Waals surface area contributed by atoms with E-state index >= 15 is 0 Å². The number of Topliss-reactive ketones (excluding diaryl/α,β-unsaturated/α-hetero) is 1. The van der Waals surface area contributed by atoms with E-state index in [1.165, 1.54) is 10.8 Å². The number of nitrogens with zero attached hydrogens (tertiary/aromatic N) is 3. The number of rotatable bonds is 4. The fraction of sp³-hybridized carbons (Fsp3) is 0.250. The molecule has 1 heterocycles. The van der Waals surface area contributed by atoms with Crippen LogP contribution in [-0.2, 0) is 13.5 Å². The molecule has 0 fully saturated rings. The molecule has 0 saturated carbocycles. The second-order valence-electron chi connectivity index (χ2n) is 5.22. The van der Waals surface area contributed by atoms with E-state index in [2.05, 4.69) is 4.98 Å². The minimum absolute atomic E-state index is 0.0753. The van der Waals surface area contributed by atoms with E-state index in [0.29, 0.717) is 30.0 Å². The Morgan fingerprint density at radius 2 is 2.26 bits per heavy atom. The Kier molecular flexibility index (Phi) is 3.69. The van der Waals surface area contributed by atoms with Crippen LogP contribution < -0.4 is 4.74 Å². The highest BCUT2D eigenvalue weighted by molar-refractivity contribution is 6.15. The molecule has 1 aromatic carbocycles. The first-order valence-corrected chi connectivity index (χ1v) is 7.18. The number of carbonyl (C=O) groups excluding carboxylic acids is 1. The van der Waals surface area contributed by atoms with Crippen LogP contribution in [0.4, 0.5) is 5.82 Å². The summed E-state index contributed by atoms with van der Waals surface area (Å²) in [5, 5.41) is 10.9. The molecule has 23 heavy (non-hydrogen) atoms. The molecule has 0 aliphatic heterocycles. The molecule has 0 N–H and O–H groups in total. The Morgan fingerprint density at radius 1 is 1.48 bits per heavy atom. The third-order valence-corrected chi connectivity index (χ3v) is 3.79. The van der Waals surface area contributed by atoms with Crippen molar-refractivity contribution >= 4 is 17.7 Å². The molecule has 0 amide bonds. The van der Waals surface area contributed by atoms with Gasteiger partial charge in [0.2, 0.25) is 5.82 Å². The van der Waals surface area contributed by atoms with E-state index in [1.807, 2.05) is 13.0 Å². The highest BCUT2D eigenvalue weighted by Crippen LogP contribution is 2.30. The van der Waals surface area contributed by atoms with Crippen molar-refractivity contribution in [2.75, 3.05) is 6.61 Å². The summed E-state index contributed by atoms with van der Waals surface area (Å²) in [6, 6.07) is 5.39. The van der Waals surface area contributed by atoms with Crippen LogP contribution >= 0.6 is 0 Å². The normalized spacial score (nSPS) is 15.0. The molecule has 3 rings (SSSR count). The van der Waals surface area contributed by atoms with Gasteiger partial charge in [0.25, 0.3) is 0 Å². The Hall–Kier alpha value is -2.96. The number of hydrogen-bond donors (Lipinski definition) is 0. The van der Waals surface area contributed by atoms with Gasteiger partial charge in [0.15, 0.2) is 5.78 Å². The Morgan fingerprint density at radius 3 is 2.91 bits per heavy atom. The van der Waals surface area contributed by atoms with Crippen molar-refractivity contribution in [2.45, 2.75) is 13.3 Å². The minimum Gasteiger partial charge on any atom is -0.494 e. The summed E-state index contributed by atoms with van der Waals surface area (Å²) in [5.74, 6) is 0.929. The van der Waals surface area contributed by atoms with Crippen molar-refractivity contribution in [2.24, 2.45) is 7.05 Å². The summed E-state index contributed by atoms with van der Waals surface area (Å²) in [7, 11) is 1.55. The molecule has 2 aromatic rings. The average Bonchev–Trinajstić information content (AvgIpc) is 3.02. The summed E-state index contributed by atoms with van der Waals surface area (Å²) in [6.07, 6.45) is 3.26. The van der Waals surface area contributed by atoms with Gasteiger partial charge in [-0.25, -0.2) is 9.55 Å². The number of aromatic nitrogens is 2. The summed E-state index contributed by atoms with van der Waals surface area (Å²) in [5.41, 5.74) is 2.11. The van der Waals surface area contributed by atoms with Crippen LogP contribution in [0.1, 0.15) is 28.7 Å².